The number of amides is 1. The van der Waals surface area contributed by atoms with Crippen LogP contribution in [-0.2, 0) is 4.74 Å². The first-order valence-electron chi connectivity index (χ1n) is 6.45. The Morgan fingerprint density at radius 1 is 1.52 bits per heavy atom. The van der Waals surface area contributed by atoms with E-state index in [1.54, 1.807) is 27.7 Å². The molecule has 1 amide bonds. The number of hydrogen-bond acceptors (Lipinski definition) is 5. The number of carbonyl (C=O) groups is 2. The SMILES string of the molecule is C[C@@H](CNC(=O)OC(C)(C)C)Oc1ncc(F)cc1C=O. The minimum atomic E-state index is -0.621. The van der Waals surface area contributed by atoms with Crippen LogP contribution in [0.5, 0.6) is 5.88 Å². The van der Waals surface area contributed by atoms with E-state index >= 15 is 0 Å². The summed E-state index contributed by atoms with van der Waals surface area (Å²) in [5.41, 5.74) is -0.573. The number of aromatic nitrogens is 1. The monoisotopic (exact) mass is 298 g/mol. The average Bonchev–Trinajstić information content (AvgIpc) is 2.36. The minimum Gasteiger partial charge on any atom is -0.472 e. The van der Waals surface area contributed by atoms with Crippen molar-refractivity contribution in [3.05, 3.63) is 23.6 Å². The van der Waals surface area contributed by atoms with E-state index in [0.717, 1.165) is 12.3 Å². The predicted molar refractivity (Wildman–Crippen MR) is 73.9 cm³/mol. The third-order valence-electron chi connectivity index (χ3n) is 2.22. The Morgan fingerprint density at radius 2 is 2.19 bits per heavy atom. The van der Waals surface area contributed by atoms with Crippen LogP contribution in [-0.4, -0.2) is 35.6 Å². The summed E-state index contributed by atoms with van der Waals surface area (Å²) >= 11 is 0. The van der Waals surface area contributed by atoms with Gasteiger partial charge in [0, 0.05) is 0 Å². The molecule has 1 aromatic rings. The van der Waals surface area contributed by atoms with Crippen LogP contribution in [0.4, 0.5) is 9.18 Å². The topological polar surface area (TPSA) is 77.5 Å². The van der Waals surface area contributed by atoms with Gasteiger partial charge in [0.25, 0.3) is 0 Å². The van der Waals surface area contributed by atoms with Crippen molar-refractivity contribution in [2.24, 2.45) is 0 Å². The second kappa shape index (κ2) is 7.01. The number of carbonyl (C=O) groups excluding carboxylic acids is 2. The van der Waals surface area contributed by atoms with Gasteiger partial charge in [-0.3, -0.25) is 4.79 Å². The minimum absolute atomic E-state index is 0.0131. The molecular formula is C14H19FN2O4. The van der Waals surface area contributed by atoms with Gasteiger partial charge in [-0.25, -0.2) is 14.2 Å². The van der Waals surface area contributed by atoms with Crippen molar-refractivity contribution in [3.8, 4) is 5.88 Å². The molecular weight excluding hydrogens is 279 g/mol. The zero-order valence-electron chi connectivity index (χ0n) is 12.5. The van der Waals surface area contributed by atoms with Gasteiger partial charge in [-0.2, -0.15) is 0 Å². The fourth-order valence-corrected chi connectivity index (χ4v) is 1.40. The van der Waals surface area contributed by atoms with Gasteiger partial charge in [0.05, 0.1) is 18.3 Å². The molecule has 0 aliphatic rings. The number of rotatable bonds is 5. The molecule has 7 heteroatoms. The van der Waals surface area contributed by atoms with Gasteiger partial charge >= 0.3 is 6.09 Å². The van der Waals surface area contributed by atoms with Gasteiger partial charge in [0.15, 0.2) is 6.29 Å². The summed E-state index contributed by atoms with van der Waals surface area (Å²) in [6.45, 7) is 7.10. The Morgan fingerprint density at radius 3 is 2.76 bits per heavy atom. The lowest BCUT2D eigenvalue weighted by Gasteiger charge is -2.21. The molecule has 0 aliphatic heterocycles. The summed E-state index contributed by atoms with van der Waals surface area (Å²) < 4.78 is 23.4. The fraction of sp³-hybridized carbons (Fsp3) is 0.500. The summed E-state index contributed by atoms with van der Waals surface area (Å²) in [7, 11) is 0. The van der Waals surface area contributed by atoms with Crippen LogP contribution >= 0.6 is 0 Å². The lowest BCUT2D eigenvalue weighted by molar-refractivity contribution is 0.0503. The average molecular weight is 298 g/mol. The van der Waals surface area contributed by atoms with Crippen LogP contribution in [0.15, 0.2) is 12.3 Å². The molecule has 116 valence electrons. The smallest absolute Gasteiger partial charge is 0.407 e. The highest BCUT2D eigenvalue weighted by molar-refractivity contribution is 5.78. The Balaban J connectivity index is 2.53. The van der Waals surface area contributed by atoms with Crippen molar-refractivity contribution in [1.29, 1.82) is 0 Å². The Kier molecular flexibility index (Phi) is 5.63. The maximum absolute atomic E-state index is 12.9. The van der Waals surface area contributed by atoms with Gasteiger partial charge in [-0.05, 0) is 33.8 Å². The molecule has 0 fully saturated rings. The fourth-order valence-electron chi connectivity index (χ4n) is 1.40. The molecule has 0 aromatic carbocycles. The molecule has 0 saturated heterocycles. The third kappa shape index (κ3) is 6.20. The molecule has 1 heterocycles. The van der Waals surface area contributed by atoms with E-state index < -0.39 is 23.6 Å². The largest absolute Gasteiger partial charge is 0.472 e. The van der Waals surface area contributed by atoms with E-state index in [4.69, 9.17) is 9.47 Å². The normalized spacial score (nSPS) is 12.4. The second-order valence-corrected chi connectivity index (χ2v) is 5.48. The van der Waals surface area contributed by atoms with Gasteiger partial charge in [-0.1, -0.05) is 0 Å². The van der Waals surface area contributed by atoms with Crippen LogP contribution in [0.3, 0.4) is 0 Å². The quantitative estimate of drug-likeness (QED) is 0.844. The molecule has 1 aromatic heterocycles. The van der Waals surface area contributed by atoms with E-state index in [2.05, 4.69) is 10.3 Å². The zero-order valence-corrected chi connectivity index (χ0v) is 12.5. The van der Waals surface area contributed by atoms with Gasteiger partial charge < -0.3 is 14.8 Å². The van der Waals surface area contributed by atoms with E-state index in [-0.39, 0.29) is 18.0 Å². The summed E-state index contributed by atoms with van der Waals surface area (Å²) in [6.07, 6.45) is 0.380. The highest BCUT2D eigenvalue weighted by Crippen LogP contribution is 2.15. The first-order valence-corrected chi connectivity index (χ1v) is 6.45. The number of nitrogens with zero attached hydrogens (tertiary/aromatic N) is 1. The van der Waals surface area contributed by atoms with E-state index in [1.165, 1.54) is 0 Å². The van der Waals surface area contributed by atoms with Crippen LogP contribution in [0, 0.1) is 5.82 Å². The third-order valence-corrected chi connectivity index (χ3v) is 2.22. The lowest BCUT2D eigenvalue weighted by atomic mass is 10.2. The molecule has 0 bridgehead atoms. The van der Waals surface area contributed by atoms with E-state index in [0.29, 0.717) is 6.29 Å². The summed E-state index contributed by atoms with van der Waals surface area (Å²) in [5.74, 6) is -0.603. The number of alkyl carbamates (subject to hydrolysis) is 1. The first kappa shape index (κ1) is 16.9. The summed E-state index contributed by atoms with van der Waals surface area (Å²) in [4.78, 5) is 26.0. The number of hydrogen-bond donors (Lipinski definition) is 1. The molecule has 0 unspecified atom stereocenters. The molecule has 0 saturated carbocycles. The van der Waals surface area contributed by atoms with Crippen LogP contribution in [0.2, 0.25) is 0 Å². The second-order valence-electron chi connectivity index (χ2n) is 5.48. The summed E-state index contributed by atoms with van der Waals surface area (Å²) in [6, 6.07) is 1.03. The van der Waals surface area contributed by atoms with Crippen molar-refractivity contribution in [3.63, 3.8) is 0 Å². The van der Waals surface area contributed by atoms with E-state index in [1.807, 2.05) is 0 Å². The van der Waals surface area contributed by atoms with Crippen molar-refractivity contribution >= 4 is 12.4 Å². The van der Waals surface area contributed by atoms with Gasteiger partial charge in [-0.15, -0.1) is 0 Å². The van der Waals surface area contributed by atoms with Crippen molar-refractivity contribution in [2.75, 3.05) is 6.54 Å². The van der Waals surface area contributed by atoms with Gasteiger partial charge in [0.1, 0.15) is 17.5 Å². The van der Waals surface area contributed by atoms with E-state index in [9.17, 15) is 14.0 Å². The number of ether oxygens (including phenoxy) is 2. The standard InChI is InChI=1S/C14H19FN2O4/c1-9(6-17-13(19)21-14(2,3)4)20-12-10(8-18)5-11(15)7-16-12/h5,7-9H,6H2,1-4H3,(H,17,19)/t9-/m0/s1. The molecule has 1 rings (SSSR count). The molecule has 6 nitrogen and oxygen atoms in total. The van der Waals surface area contributed by atoms with Crippen LogP contribution in [0.1, 0.15) is 38.1 Å². The highest BCUT2D eigenvalue weighted by Gasteiger charge is 2.17. The molecule has 21 heavy (non-hydrogen) atoms. The number of nitrogens with one attached hydrogen (secondary N) is 1. The maximum atomic E-state index is 12.9. The van der Waals surface area contributed by atoms with Crippen LogP contribution in [0.25, 0.3) is 0 Å². The van der Waals surface area contributed by atoms with Crippen molar-refractivity contribution in [1.82, 2.24) is 10.3 Å². The Bertz CT molecular complexity index is 514. The molecule has 0 aliphatic carbocycles. The van der Waals surface area contributed by atoms with Gasteiger partial charge in [0.2, 0.25) is 5.88 Å². The summed E-state index contributed by atoms with van der Waals surface area (Å²) in [5, 5.41) is 2.53. The van der Waals surface area contributed by atoms with Crippen LogP contribution < -0.4 is 10.1 Å². The van der Waals surface area contributed by atoms with Crippen molar-refractivity contribution in [2.45, 2.75) is 39.4 Å². The zero-order chi connectivity index (χ0) is 16.0. The number of halogens is 1. The Labute approximate surface area is 122 Å². The number of aldehydes is 1. The molecule has 1 atom stereocenters. The first-order chi connectivity index (χ1) is 9.71. The van der Waals surface area contributed by atoms with Crippen molar-refractivity contribution < 1.29 is 23.5 Å². The maximum Gasteiger partial charge on any atom is 0.407 e. The lowest BCUT2D eigenvalue weighted by Crippen LogP contribution is -2.37. The molecule has 0 spiro atoms. The highest BCUT2D eigenvalue weighted by atomic mass is 19.1. The predicted octanol–water partition coefficient (Wildman–Crippen LogP) is 2.33. The Hall–Kier alpha value is -2.18. The molecule has 1 N–H and O–H groups in total. The number of pyridine rings is 1. The molecule has 0 radical (unpaired) electrons.